The Labute approximate surface area is 296 Å². The summed E-state index contributed by atoms with van der Waals surface area (Å²) in [5, 5.41) is 5.23. The highest BCUT2D eigenvalue weighted by Crippen LogP contribution is 2.51. The molecule has 0 spiro atoms. The zero-order valence-corrected chi connectivity index (χ0v) is 30.5. The van der Waals surface area contributed by atoms with Crippen molar-refractivity contribution < 1.29 is 14.0 Å². The van der Waals surface area contributed by atoms with Crippen molar-refractivity contribution in [1.82, 2.24) is 0 Å². The molecule has 5 heteroatoms. The molecule has 49 heavy (non-hydrogen) atoms. The second-order valence-corrected chi connectivity index (χ2v) is 15.3. The van der Waals surface area contributed by atoms with E-state index in [4.69, 9.17) is 21.1 Å². The van der Waals surface area contributed by atoms with Gasteiger partial charge in [0, 0.05) is 60.6 Å². The third-order valence-corrected chi connectivity index (χ3v) is 11.1. The van der Waals surface area contributed by atoms with E-state index in [1.807, 2.05) is 0 Å². The second-order valence-electron chi connectivity index (χ2n) is 14.6. The second kappa shape index (κ2) is 13.4. The first kappa shape index (κ1) is 33.5. The lowest BCUT2D eigenvalue weighted by molar-refractivity contribution is -0.441. The van der Waals surface area contributed by atoms with Gasteiger partial charge in [-0.25, -0.2) is 0 Å². The van der Waals surface area contributed by atoms with Gasteiger partial charge >= 0.3 is 0 Å². The summed E-state index contributed by atoms with van der Waals surface area (Å²) in [7, 11) is 3.55. The van der Waals surface area contributed by atoms with Crippen molar-refractivity contribution in [3.05, 3.63) is 131 Å². The zero-order valence-electron chi connectivity index (χ0n) is 29.7. The summed E-state index contributed by atoms with van der Waals surface area (Å²) in [6.07, 6.45) is 13.3. The van der Waals surface area contributed by atoms with E-state index in [0.29, 0.717) is 13.2 Å². The maximum absolute atomic E-state index is 6.98. The summed E-state index contributed by atoms with van der Waals surface area (Å²) in [6, 6.07) is 26.5. The van der Waals surface area contributed by atoms with E-state index >= 15 is 0 Å². The Kier molecular flexibility index (Phi) is 9.17. The lowest BCUT2D eigenvalue weighted by Crippen LogP contribution is -2.29. The number of hydrogen-bond donors (Lipinski definition) is 0. The number of alkyl halides is 1. The number of nitrogens with zero attached hydrogens (tertiary/aromatic N) is 2. The highest BCUT2D eigenvalue weighted by Gasteiger charge is 2.45. The first-order valence-corrected chi connectivity index (χ1v) is 18.0. The summed E-state index contributed by atoms with van der Waals surface area (Å²) in [4.78, 5) is 2.45. The molecule has 0 bridgehead atoms. The van der Waals surface area contributed by atoms with Crippen LogP contribution in [0.3, 0.4) is 0 Å². The molecule has 3 aliphatic rings. The van der Waals surface area contributed by atoms with Gasteiger partial charge in [-0.3, -0.25) is 0 Å². The Morgan fingerprint density at radius 1 is 0.776 bits per heavy atom. The summed E-state index contributed by atoms with van der Waals surface area (Å²) in [5.41, 5.74) is 10.0. The normalized spacial score (nSPS) is 21.4. The average Bonchev–Trinajstić information content (AvgIpc) is 3.45. The Bertz CT molecular complexity index is 2080. The van der Waals surface area contributed by atoms with Crippen molar-refractivity contribution in [3.8, 4) is 0 Å². The molecule has 4 aromatic carbocycles. The highest BCUT2D eigenvalue weighted by molar-refractivity contribution is 6.21. The topological polar surface area (TPSA) is 24.7 Å². The lowest BCUT2D eigenvalue weighted by atomic mass is 9.78. The molecule has 252 valence electrons. The minimum absolute atomic E-state index is 0.0453. The molecule has 0 aromatic heterocycles. The van der Waals surface area contributed by atoms with Crippen molar-refractivity contribution in [1.29, 1.82) is 0 Å². The van der Waals surface area contributed by atoms with Crippen LogP contribution in [0, 0.1) is 0 Å². The molecule has 2 aliphatic heterocycles. The molecule has 1 aliphatic carbocycles. The Hall–Kier alpha value is -3.96. The summed E-state index contributed by atoms with van der Waals surface area (Å²) in [5.74, 6) is 0. The first-order valence-electron chi connectivity index (χ1n) is 17.5. The Balaban J connectivity index is 1.25. The fraction of sp³-hybridized carbons (Fsp3) is 0.341. The van der Waals surface area contributed by atoms with Crippen LogP contribution in [0.1, 0.15) is 51.7 Å². The maximum Gasteiger partial charge on any atom is 0.210 e. The van der Waals surface area contributed by atoms with E-state index in [1.54, 1.807) is 14.2 Å². The van der Waals surface area contributed by atoms with Gasteiger partial charge in [0.15, 0.2) is 12.3 Å². The third-order valence-electron chi connectivity index (χ3n) is 10.7. The van der Waals surface area contributed by atoms with Gasteiger partial charge in [0.2, 0.25) is 5.69 Å². The van der Waals surface area contributed by atoms with E-state index in [1.165, 1.54) is 66.6 Å². The fourth-order valence-corrected chi connectivity index (χ4v) is 8.82. The number of methoxy groups -OCH3 is 2. The van der Waals surface area contributed by atoms with Gasteiger partial charge < -0.3 is 14.4 Å². The lowest BCUT2D eigenvalue weighted by Gasteiger charge is -2.27. The number of benzene rings is 4. The van der Waals surface area contributed by atoms with Crippen LogP contribution in [0.4, 0.5) is 11.4 Å². The van der Waals surface area contributed by atoms with E-state index in [9.17, 15) is 0 Å². The van der Waals surface area contributed by atoms with Crippen LogP contribution < -0.4 is 4.90 Å². The monoisotopic (exact) mass is 671 g/mol. The molecular formula is C44H48ClN2O2+. The van der Waals surface area contributed by atoms with Crippen molar-refractivity contribution in [2.24, 2.45) is 0 Å². The van der Waals surface area contributed by atoms with Crippen molar-refractivity contribution in [2.45, 2.75) is 56.7 Å². The molecule has 0 saturated carbocycles. The largest absolute Gasteiger partial charge is 0.383 e. The van der Waals surface area contributed by atoms with Crippen LogP contribution in [-0.2, 0) is 20.3 Å². The molecule has 0 amide bonds. The van der Waals surface area contributed by atoms with Crippen molar-refractivity contribution >= 4 is 50.2 Å². The average molecular weight is 672 g/mol. The van der Waals surface area contributed by atoms with E-state index in [0.717, 1.165) is 25.9 Å². The van der Waals surface area contributed by atoms with Gasteiger partial charge in [-0.2, -0.15) is 4.58 Å². The number of hydrogen-bond acceptors (Lipinski definition) is 3. The summed E-state index contributed by atoms with van der Waals surface area (Å²) < 4.78 is 13.6. The van der Waals surface area contributed by atoms with Crippen LogP contribution in [0.5, 0.6) is 0 Å². The number of allylic oxidation sites excluding steroid dienone is 8. The number of halogens is 1. The molecule has 2 heterocycles. The Morgan fingerprint density at radius 3 is 2.16 bits per heavy atom. The standard InChI is InChI=1S/C44H48ClN2O2/c1-43(2)39(46(23-25-48-5)37-19-17-32-11-7-9-13-35(32)41(37)43)21-15-30-27-31(29-34(45)28-30)16-22-40-44(3,4)42-36-14-10-8-12-33(36)18-20-38(42)47(40)24-26-49-6/h7-22,27,34H,23-26,28-29H2,1-6H3/q+1. The van der Waals surface area contributed by atoms with Crippen LogP contribution in [0.25, 0.3) is 21.5 Å². The molecule has 1 unspecified atom stereocenters. The van der Waals surface area contributed by atoms with Gasteiger partial charge in [-0.15, -0.1) is 11.6 Å². The highest BCUT2D eigenvalue weighted by atomic mass is 35.5. The first-order chi connectivity index (χ1) is 23.6. The molecule has 0 saturated heterocycles. The molecule has 4 aromatic rings. The molecule has 4 nitrogen and oxygen atoms in total. The number of ether oxygens (including phenoxy) is 2. The summed E-state index contributed by atoms with van der Waals surface area (Å²) >= 11 is 6.98. The predicted octanol–water partition coefficient (Wildman–Crippen LogP) is 10.2. The molecule has 0 radical (unpaired) electrons. The van der Waals surface area contributed by atoms with Gasteiger partial charge in [0.1, 0.15) is 6.61 Å². The minimum Gasteiger partial charge on any atom is -0.383 e. The number of rotatable bonds is 9. The quantitative estimate of drug-likeness (QED) is 0.131. The predicted molar refractivity (Wildman–Crippen MR) is 207 cm³/mol. The van der Waals surface area contributed by atoms with E-state index < -0.39 is 0 Å². The van der Waals surface area contributed by atoms with E-state index in [-0.39, 0.29) is 16.2 Å². The molecular weight excluding hydrogens is 624 g/mol. The molecule has 1 atom stereocenters. The van der Waals surface area contributed by atoms with Crippen LogP contribution >= 0.6 is 11.6 Å². The van der Waals surface area contributed by atoms with Gasteiger partial charge in [-0.05, 0) is 83.2 Å². The van der Waals surface area contributed by atoms with Gasteiger partial charge in [0.25, 0.3) is 0 Å². The van der Waals surface area contributed by atoms with Crippen LogP contribution in [0.15, 0.2) is 120 Å². The fourth-order valence-electron chi connectivity index (χ4n) is 8.46. The van der Waals surface area contributed by atoms with Gasteiger partial charge in [0.05, 0.1) is 12.0 Å². The third kappa shape index (κ3) is 5.98. The maximum atomic E-state index is 6.98. The SMILES string of the molecule is COCCN1/C(=C\C=C2C=C(/C=C/C3=[N+](CCOC)c4ccc5ccccc5c4C3(C)C)CC(Cl)C\2)C(C)(C)c2c1ccc1ccccc21. The molecule has 0 fully saturated rings. The number of anilines is 1. The summed E-state index contributed by atoms with van der Waals surface area (Å²) in [6.45, 7) is 12.3. The smallest absolute Gasteiger partial charge is 0.210 e. The van der Waals surface area contributed by atoms with E-state index in [2.05, 4.69) is 140 Å². The van der Waals surface area contributed by atoms with Crippen molar-refractivity contribution in [2.75, 3.05) is 45.4 Å². The van der Waals surface area contributed by atoms with Crippen LogP contribution in [0.2, 0.25) is 0 Å². The molecule has 7 rings (SSSR count). The number of fused-ring (bicyclic) bond motifs is 6. The van der Waals surface area contributed by atoms with Gasteiger partial charge in [-0.1, -0.05) is 86.7 Å². The van der Waals surface area contributed by atoms with Crippen molar-refractivity contribution in [3.63, 3.8) is 0 Å². The Morgan fingerprint density at radius 2 is 1.45 bits per heavy atom. The minimum atomic E-state index is -0.169. The van der Waals surface area contributed by atoms with Crippen LogP contribution in [-0.4, -0.2) is 56.2 Å². The zero-order chi connectivity index (χ0) is 34.3. The molecule has 0 N–H and O–H groups in total.